The third-order valence-corrected chi connectivity index (χ3v) is 9.65. The Labute approximate surface area is 327 Å². The van der Waals surface area contributed by atoms with Crippen LogP contribution in [0.4, 0.5) is 0 Å². The summed E-state index contributed by atoms with van der Waals surface area (Å²) in [5.41, 5.74) is 0. The standard InChI is InChI=1S/C47H83NO5/c1-4-7-10-13-16-19-21-23-25-28-31-34-37-40-47(52)53-43(38-35-32-29-27-24-22-20-17-14-11-8-5-2)41-46(51)48-44(42-49)45(50)39-36-33-30-26-18-15-12-9-6-3/h7-8,10-11,13,16-17,19-21,43-45,49-50H,4-6,9,12,14-15,18,22-42H2,1-3H3,(H,48,51)/b10-7+,11-8+,16-13+,20-17+,21-19-. The van der Waals surface area contributed by atoms with Gasteiger partial charge in [-0.25, -0.2) is 0 Å². The number of aliphatic hydroxyl groups excluding tert-OH is 2. The number of rotatable bonds is 38. The van der Waals surface area contributed by atoms with Crippen LogP contribution in [0.5, 0.6) is 0 Å². The van der Waals surface area contributed by atoms with E-state index in [1.807, 2.05) is 0 Å². The van der Waals surface area contributed by atoms with Gasteiger partial charge in [-0.15, -0.1) is 0 Å². The lowest BCUT2D eigenvalue weighted by Crippen LogP contribution is -2.46. The molecule has 0 radical (unpaired) electrons. The molecule has 0 aliphatic rings. The fourth-order valence-corrected chi connectivity index (χ4v) is 6.35. The maximum Gasteiger partial charge on any atom is 0.306 e. The van der Waals surface area contributed by atoms with Crippen molar-refractivity contribution in [2.75, 3.05) is 6.61 Å². The maximum absolute atomic E-state index is 13.1. The molecule has 0 fully saturated rings. The van der Waals surface area contributed by atoms with Crippen LogP contribution in [0.3, 0.4) is 0 Å². The molecule has 1 amide bonds. The van der Waals surface area contributed by atoms with Gasteiger partial charge in [0, 0.05) is 6.42 Å². The molecule has 0 rings (SSSR count). The van der Waals surface area contributed by atoms with E-state index in [-0.39, 0.29) is 24.9 Å². The highest BCUT2D eigenvalue weighted by Gasteiger charge is 2.24. The highest BCUT2D eigenvalue weighted by molar-refractivity contribution is 5.77. The molecule has 6 nitrogen and oxygen atoms in total. The smallest absolute Gasteiger partial charge is 0.306 e. The van der Waals surface area contributed by atoms with E-state index < -0.39 is 18.2 Å². The molecule has 0 heterocycles. The second kappa shape index (κ2) is 40.7. The minimum atomic E-state index is -0.794. The first-order valence-electron chi connectivity index (χ1n) is 22.0. The predicted octanol–water partition coefficient (Wildman–Crippen LogP) is 12.5. The van der Waals surface area contributed by atoms with E-state index in [0.717, 1.165) is 103 Å². The number of ether oxygens (including phenoxy) is 1. The Hall–Kier alpha value is -2.44. The monoisotopic (exact) mass is 742 g/mol. The third-order valence-electron chi connectivity index (χ3n) is 9.65. The highest BCUT2D eigenvalue weighted by Crippen LogP contribution is 2.17. The molecule has 0 aliphatic carbocycles. The zero-order chi connectivity index (χ0) is 38.9. The number of esters is 1. The van der Waals surface area contributed by atoms with E-state index in [9.17, 15) is 19.8 Å². The lowest BCUT2D eigenvalue weighted by molar-refractivity contribution is -0.151. The number of allylic oxidation sites excluding steroid dienone is 10. The lowest BCUT2D eigenvalue weighted by atomic mass is 10.0. The molecule has 0 aliphatic heterocycles. The quantitative estimate of drug-likeness (QED) is 0.0253. The average Bonchev–Trinajstić information content (AvgIpc) is 3.15. The zero-order valence-corrected chi connectivity index (χ0v) is 34.6. The molecule has 0 aromatic heterocycles. The summed E-state index contributed by atoms with van der Waals surface area (Å²) in [5.74, 6) is -0.519. The molecule has 0 spiro atoms. The van der Waals surface area contributed by atoms with Gasteiger partial charge in [0.05, 0.1) is 25.2 Å². The Morgan fingerprint density at radius 2 is 1.11 bits per heavy atom. The van der Waals surface area contributed by atoms with Crippen molar-refractivity contribution in [3.8, 4) is 0 Å². The van der Waals surface area contributed by atoms with Gasteiger partial charge in [-0.2, -0.15) is 0 Å². The Morgan fingerprint density at radius 1 is 0.585 bits per heavy atom. The number of aliphatic hydroxyl groups is 2. The summed E-state index contributed by atoms with van der Waals surface area (Å²) in [6.45, 7) is 6.19. The van der Waals surface area contributed by atoms with Crippen molar-refractivity contribution in [2.24, 2.45) is 0 Å². The fraction of sp³-hybridized carbons (Fsp3) is 0.745. The van der Waals surface area contributed by atoms with Gasteiger partial charge in [0.1, 0.15) is 6.10 Å². The normalized spacial score (nSPS) is 14.0. The van der Waals surface area contributed by atoms with E-state index in [1.54, 1.807) is 0 Å². The van der Waals surface area contributed by atoms with Crippen LogP contribution < -0.4 is 5.32 Å². The van der Waals surface area contributed by atoms with Crippen molar-refractivity contribution in [3.63, 3.8) is 0 Å². The molecule has 0 aromatic carbocycles. The summed E-state index contributed by atoms with van der Waals surface area (Å²) in [6, 6.07) is -0.709. The van der Waals surface area contributed by atoms with Crippen LogP contribution in [0.1, 0.15) is 201 Å². The number of hydrogen-bond donors (Lipinski definition) is 3. The average molecular weight is 742 g/mol. The lowest BCUT2D eigenvalue weighted by Gasteiger charge is -2.24. The Kier molecular flexibility index (Phi) is 38.9. The van der Waals surface area contributed by atoms with Crippen LogP contribution in [0.25, 0.3) is 0 Å². The van der Waals surface area contributed by atoms with Crippen LogP contribution in [0, 0.1) is 0 Å². The SMILES string of the molecule is CC/C=C/C=C/C=C\CCCCCCCC(=O)OC(CCCCCCC/C=C/C/C=C/CC)CC(=O)NC(CO)C(O)CCCCCCCCCCC. The largest absolute Gasteiger partial charge is 0.462 e. The molecule has 0 saturated carbocycles. The zero-order valence-electron chi connectivity index (χ0n) is 34.6. The number of hydrogen-bond acceptors (Lipinski definition) is 5. The summed E-state index contributed by atoms with van der Waals surface area (Å²) in [6.07, 6.45) is 48.5. The van der Waals surface area contributed by atoms with E-state index >= 15 is 0 Å². The molecule has 3 N–H and O–H groups in total. The van der Waals surface area contributed by atoms with Crippen LogP contribution in [-0.2, 0) is 14.3 Å². The summed E-state index contributed by atoms with van der Waals surface area (Å²) in [5, 5.41) is 23.5. The second-order valence-electron chi connectivity index (χ2n) is 14.7. The summed E-state index contributed by atoms with van der Waals surface area (Å²) < 4.78 is 5.88. The maximum atomic E-state index is 13.1. The van der Waals surface area contributed by atoms with Gasteiger partial charge in [-0.3, -0.25) is 9.59 Å². The number of carbonyl (C=O) groups excluding carboxylic acids is 2. The number of unbranched alkanes of at least 4 members (excludes halogenated alkanes) is 18. The van der Waals surface area contributed by atoms with Crippen LogP contribution in [0.2, 0.25) is 0 Å². The Balaban J connectivity index is 4.67. The minimum absolute atomic E-state index is 0.0574. The van der Waals surface area contributed by atoms with Crippen molar-refractivity contribution < 1.29 is 24.5 Å². The first kappa shape index (κ1) is 50.6. The number of carbonyl (C=O) groups is 2. The van der Waals surface area contributed by atoms with Crippen LogP contribution in [-0.4, -0.2) is 46.9 Å². The van der Waals surface area contributed by atoms with Gasteiger partial charge < -0.3 is 20.3 Å². The van der Waals surface area contributed by atoms with E-state index in [1.165, 1.54) is 51.4 Å². The molecule has 0 aromatic rings. The predicted molar refractivity (Wildman–Crippen MR) is 227 cm³/mol. The molecule has 0 bridgehead atoms. The first-order chi connectivity index (χ1) is 26.0. The molecular formula is C47H83NO5. The van der Waals surface area contributed by atoms with E-state index in [2.05, 4.69) is 86.8 Å². The van der Waals surface area contributed by atoms with Crippen molar-refractivity contribution in [3.05, 3.63) is 60.8 Å². The fourth-order valence-electron chi connectivity index (χ4n) is 6.35. The van der Waals surface area contributed by atoms with Crippen molar-refractivity contribution in [2.45, 2.75) is 219 Å². The van der Waals surface area contributed by atoms with E-state index in [0.29, 0.717) is 19.3 Å². The van der Waals surface area contributed by atoms with Gasteiger partial charge in [0.2, 0.25) is 5.91 Å². The topological polar surface area (TPSA) is 95.9 Å². The second-order valence-corrected chi connectivity index (χ2v) is 14.7. The molecule has 3 atom stereocenters. The van der Waals surface area contributed by atoms with Crippen LogP contribution in [0.15, 0.2) is 60.8 Å². The van der Waals surface area contributed by atoms with Crippen molar-refractivity contribution in [1.82, 2.24) is 5.32 Å². The van der Waals surface area contributed by atoms with Crippen molar-refractivity contribution in [1.29, 1.82) is 0 Å². The van der Waals surface area contributed by atoms with Crippen LogP contribution >= 0.6 is 0 Å². The van der Waals surface area contributed by atoms with Crippen molar-refractivity contribution >= 4 is 11.9 Å². The first-order valence-corrected chi connectivity index (χ1v) is 22.0. The Bertz CT molecular complexity index is 968. The van der Waals surface area contributed by atoms with Gasteiger partial charge in [0.25, 0.3) is 0 Å². The van der Waals surface area contributed by atoms with Gasteiger partial charge in [0.15, 0.2) is 0 Å². The van der Waals surface area contributed by atoms with Gasteiger partial charge in [-0.1, -0.05) is 178 Å². The molecule has 3 unspecified atom stereocenters. The van der Waals surface area contributed by atoms with Gasteiger partial charge >= 0.3 is 5.97 Å². The minimum Gasteiger partial charge on any atom is -0.462 e. The Morgan fingerprint density at radius 3 is 1.74 bits per heavy atom. The molecule has 6 heteroatoms. The highest BCUT2D eigenvalue weighted by atomic mass is 16.5. The summed E-state index contributed by atoms with van der Waals surface area (Å²) in [7, 11) is 0. The van der Waals surface area contributed by atoms with E-state index in [4.69, 9.17) is 4.74 Å². The number of amides is 1. The molecule has 0 saturated heterocycles. The molecule has 53 heavy (non-hydrogen) atoms. The molecular weight excluding hydrogens is 659 g/mol. The molecule has 306 valence electrons. The third kappa shape index (κ3) is 36.3. The number of nitrogens with one attached hydrogen (secondary N) is 1. The summed E-state index contributed by atoms with van der Waals surface area (Å²) in [4.78, 5) is 25.9. The summed E-state index contributed by atoms with van der Waals surface area (Å²) >= 11 is 0. The van der Waals surface area contributed by atoms with Gasteiger partial charge in [-0.05, 0) is 70.6 Å².